The van der Waals surface area contributed by atoms with Crippen LogP contribution in [0.15, 0.2) is 59.4 Å². The van der Waals surface area contributed by atoms with Gasteiger partial charge in [0.1, 0.15) is 0 Å². The lowest BCUT2D eigenvalue weighted by molar-refractivity contribution is 0.0844. The number of nitrogens with zero attached hydrogens (tertiary/aromatic N) is 5. The van der Waals surface area contributed by atoms with Crippen molar-refractivity contribution in [1.29, 1.82) is 0 Å². The van der Waals surface area contributed by atoms with Crippen molar-refractivity contribution in [3.8, 4) is 0 Å². The molecule has 0 bridgehead atoms. The number of aromatic nitrogens is 5. The van der Waals surface area contributed by atoms with Gasteiger partial charge in [-0.1, -0.05) is 69.5 Å². The van der Waals surface area contributed by atoms with Crippen LogP contribution in [0.4, 0.5) is 0 Å². The number of fused-ring (bicyclic) bond motifs is 1. The number of tetrazole rings is 1. The molecule has 2 aromatic heterocycles. The number of aryl methyl sites for hydroxylation is 1. The molecule has 0 aliphatic heterocycles. The van der Waals surface area contributed by atoms with Crippen LogP contribution in [0, 0.1) is 0 Å². The summed E-state index contributed by atoms with van der Waals surface area (Å²) in [7, 11) is 0. The van der Waals surface area contributed by atoms with Gasteiger partial charge in [-0.05, 0) is 70.8 Å². The van der Waals surface area contributed by atoms with Crippen molar-refractivity contribution in [3.05, 3.63) is 87.5 Å². The molecule has 0 radical (unpaired) electrons. The van der Waals surface area contributed by atoms with Gasteiger partial charge in [0.05, 0.1) is 12.6 Å². The molecule has 1 saturated carbocycles. The first-order valence-electron chi connectivity index (χ1n) is 13.4. The average Bonchev–Trinajstić information content (AvgIpc) is 3.37. The predicted octanol–water partition coefficient (Wildman–Crippen LogP) is 5.41. The molecule has 5 rings (SSSR count). The molecule has 1 aliphatic rings. The van der Waals surface area contributed by atoms with Gasteiger partial charge in [0.15, 0.2) is 5.82 Å². The summed E-state index contributed by atoms with van der Waals surface area (Å²) in [6.45, 7) is 5.57. The molecule has 1 N–H and O–H groups in total. The van der Waals surface area contributed by atoms with Gasteiger partial charge in [-0.15, -0.1) is 5.10 Å². The topological polar surface area (TPSA) is 79.7 Å². The lowest BCUT2D eigenvalue weighted by Gasteiger charge is -2.39. The van der Waals surface area contributed by atoms with Crippen LogP contribution in [0.3, 0.4) is 0 Å². The first-order valence-corrected chi connectivity index (χ1v) is 13.4. The van der Waals surface area contributed by atoms with Crippen molar-refractivity contribution in [3.63, 3.8) is 0 Å². The number of aromatic amines is 1. The summed E-state index contributed by atoms with van der Waals surface area (Å²) in [5.74, 6) is 0.873. The average molecular weight is 485 g/mol. The number of pyridine rings is 1. The fourth-order valence-corrected chi connectivity index (χ4v) is 5.63. The van der Waals surface area contributed by atoms with E-state index in [0.717, 1.165) is 48.0 Å². The lowest BCUT2D eigenvalue weighted by Crippen LogP contribution is -2.41. The molecule has 2 heterocycles. The summed E-state index contributed by atoms with van der Waals surface area (Å²) in [4.78, 5) is 18.8. The lowest BCUT2D eigenvalue weighted by atomic mass is 9.92. The Kier molecular flexibility index (Phi) is 7.56. The largest absolute Gasteiger partial charge is 0.322 e. The normalized spacial score (nSPS) is 15.5. The van der Waals surface area contributed by atoms with Crippen LogP contribution >= 0.6 is 0 Å². The zero-order valence-electron chi connectivity index (χ0n) is 21.4. The van der Waals surface area contributed by atoms with Gasteiger partial charge in [-0.3, -0.25) is 9.69 Å². The minimum absolute atomic E-state index is 0.00807. The second-order valence-electron chi connectivity index (χ2n) is 9.97. The molecule has 36 heavy (non-hydrogen) atoms. The van der Waals surface area contributed by atoms with Crippen LogP contribution in [0.5, 0.6) is 0 Å². The highest BCUT2D eigenvalue weighted by molar-refractivity contribution is 5.79. The Bertz CT molecular complexity index is 1340. The Hall–Kier alpha value is -3.32. The zero-order chi connectivity index (χ0) is 24.9. The summed E-state index contributed by atoms with van der Waals surface area (Å²) >= 11 is 0. The van der Waals surface area contributed by atoms with Crippen LogP contribution in [-0.2, 0) is 19.5 Å². The van der Waals surface area contributed by atoms with Crippen LogP contribution in [0.1, 0.15) is 80.9 Å². The molecule has 1 atom stereocenters. The number of H-pyrrole nitrogens is 1. The second-order valence-corrected chi connectivity index (χ2v) is 9.97. The maximum Gasteiger partial charge on any atom is 0.252 e. The molecule has 7 nitrogen and oxygen atoms in total. The number of hydrogen-bond acceptors (Lipinski definition) is 5. The van der Waals surface area contributed by atoms with E-state index in [2.05, 4.69) is 69.6 Å². The van der Waals surface area contributed by atoms with Gasteiger partial charge >= 0.3 is 0 Å². The van der Waals surface area contributed by atoms with E-state index in [1.165, 1.54) is 30.4 Å². The maximum atomic E-state index is 13.2. The van der Waals surface area contributed by atoms with Crippen molar-refractivity contribution < 1.29 is 0 Å². The highest BCUT2D eigenvalue weighted by Gasteiger charge is 2.32. The molecule has 0 saturated heterocycles. The minimum Gasteiger partial charge on any atom is -0.322 e. The van der Waals surface area contributed by atoms with Gasteiger partial charge in [0.25, 0.3) is 5.56 Å². The molecular weight excluding hydrogens is 448 g/mol. The Morgan fingerprint density at radius 2 is 1.83 bits per heavy atom. The molecule has 2 aromatic carbocycles. The van der Waals surface area contributed by atoms with E-state index in [0.29, 0.717) is 19.1 Å². The van der Waals surface area contributed by atoms with Gasteiger partial charge < -0.3 is 4.98 Å². The third-order valence-electron chi connectivity index (χ3n) is 7.61. The van der Waals surface area contributed by atoms with Crippen LogP contribution in [-0.4, -0.2) is 36.1 Å². The Labute approximate surface area is 212 Å². The van der Waals surface area contributed by atoms with Crippen LogP contribution in [0.25, 0.3) is 10.9 Å². The first-order chi connectivity index (χ1) is 17.7. The maximum absolute atomic E-state index is 13.2. The van der Waals surface area contributed by atoms with Crippen molar-refractivity contribution in [2.75, 3.05) is 0 Å². The minimum atomic E-state index is -0.00807. The standard InChI is InChI=1S/C29H36N6O/c1-3-21-15-16-26-23(17-21)18-24(29(36)30-26)20-34(25-13-9-6-10-14-25)27(4-2)28-31-32-33-35(28)19-22-11-7-5-8-12-22/h5,7-8,11-12,15-18,25,27H,3-4,6,9-10,13-14,19-20H2,1-2H3,(H,30,36). The molecular formula is C29H36N6O. The number of nitrogens with one attached hydrogen (secondary N) is 1. The SMILES string of the molecule is CCc1ccc2[nH]c(=O)c(CN(C3CCCCC3)C(CC)c3nnnn3Cc3ccccc3)cc2c1. The summed E-state index contributed by atoms with van der Waals surface area (Å²) in [6, 6.07) is 19.1. The zero-order valence-corrected chi connectivity index (χ0v) is 21.4. The van der Waals surface area contributed by atoms with E-state index in [9.17, 15) is 4.79 Å². The highest BCUT2D eigenvalue weighted by Crippen LogP contribution is 2.33. The quantitative estimate of drug-likeness (QED) is 0.344. The summed E-state index contributed by atoms with van der Waals surface area (Å²) < 4.78 is 1.93. The molecule has 4 aromatic rings. The summed E-state index contributed by atoms with van der Waals surface area (Å²) in [5, 5.41) is 14.0. The molecule has 7 heteroatoms. The van der Waals surface area contributed by atoms with E-state index >= 15 is 0 Å². The Morgan fingerprint density at radius 1 is 1.03 bits per heavy atom. The van der Waals surface area contributed by atoms with E-state index in [-0.39, 0.29) is 11.6 Å². The van der Waals surface area contributed by atoms with Crippen molar-refractivity contribution in [2.45, 2.75) is 84.0 Å². The second kappa shape index (κ2) is 11.2. The first kappa shape index (κ1) is 24.4. The molecule has 1 unspecified atom stereocenters. The summed E-state index contributed by atoms with van der Waals surface area (Å²) in [5.41, 5.74) is 4.14. The van der Waals surface area contributed by atoms with E-state index in [4.69, 9.17) is 0 Å². The molecule has 0 amide bonds. The number of rotatable bonds is 9. The Morgan fingerprint density at radius 3 is 2.58 bits per heavy atom. The number of hydrogen-bond donors (Lipinski definition) is 1. The van der Waals surface area contributed by atoms with Crippen molar-refractivity contribution >= 4 is 10.9 Å². The van der Waals surface area contributed by atoms with Crippen molar-refractivity contribution in [2.24, 2.45) is 0 Å². The molecule has 188 valence electrons. The van der Waals surface area contributed by atoms with Crippen LogP contribution in [0.2, 0.25) is 0 Å². The third kappa shape index (κ3) is 5.26. The highest BCUT2D eigenvalue weighted by atomic mass is 16.1. The summed E-state index contributed by atoms with van der Waals surface area (Å²) in [6.07, 6.45) is 7.85. The fraction of sp³-hybridized carbons (Fsp3) is 0.448. The van der Waals surface area contributed by atoms with Crippen molar-refractivity contribution in [1.82, 2.24) is 30.1 Å². The van der Waals surface area contributed by atoms with Gasteiger partial charge in [-0.25, -0.2) is 4.68 Å². The van der Waals surface area contributed by atoms with Crippen LogP contribution < -0.4 is 5.56 Å². The third-order valence-corrected chi connectivity index (χ3v) is 7.61. The smallest absolute Gasteiger partial charge is 0.252 e. The molecule has 1 aliphatic carbocycles. The van der Waals surface area contributed by atoms with E-state index in [1.54, 1.807) is 0 Å². The molecule has 0 spiro atoms. The van der Waals surface area contributed by atoms with Gasteiger partial charge in [0, 0.05) is 23.7 Å². The monoisotopic (exact) mass is 484 g/mol. The molecule has 1 fully saturated rings. The fourth-order valence-electron chi connectivity index (χ4n) is 5.63. The van der Waals surface area contributed by atoms with Gasteiger partial charge in [0.2, 0.25) is 0 Å². The number of benzene rings is 2. The predicted molar refractivity (Wildman–Crippen MR) is 143 cm³/mol. The van der Waals surface area contributed by atoms with E-state index in [1.807, 2.05) is 28.9 Å². The Balaban J connectivity index is 1.51. The van der Waals surface area contributed by atoms with E-state index < -0.39 is 0 Å². The van der Waals surface area contributed by atoms with Gasteiger partial charge in [-0.2, -0.15) is 0 Å².